The Balaban J connectivity index is 1.83. The van der Waals surface area contributed by atoms with Crippen LogP contribution in [0.1, 0.15) is 12.7 Å². The fraction of sp³-hybridized carbons (Fsp3) is 0.190. The third-order valence-electron chi connectivity index (χ3n) is 4.09. The van der Waals surface area contributed by atoms with E-state index in [1.165, 1.54) is 18.4 Å². The Morgan fingerprint density at radius 2 is 1.76 bits per heavy atom. The van der Waals surface area contributed by atoms with Crippen LogP contribution < -0.4 is 14.4 Å². The van der Waals surface area contributed by atoms with Crippen molar-refractivity contribution in [2.24, 2.45) is 0 Å². The highest BCUT2D eigenvalue weighted by molar-refractivity contribution is 7.92. The summed E-state index contributed by atoms with van der Waals surface area (Å²) in [4.78, 5) is 12.5. The molecule has 0 aliphatic carbocycles. The van der Waals surface area contributed by atoms with E-state index in [1.54, 1.807) is 54.6 Å². The summed E-state index contributed by atoms with van der Waals surface area (Å²) in [7, 11) is -3.96. The summed E-state index contributed by atoms with van der Waals surface area (Å²) < 4.78 is 38.1. The van der Waals surface area contributed by atoms with Gasteiger partial charge in [-0.15, -0.1) is 0 Å². The number of furan rings is 1. The van der Waals surface area contributed by atoms with E-state index in [9.17, 15) is 13.2 Å². The fourth-order valence-electron chi connectivity index (χ4n) is 2.70. The third kappa shape index (κ3) is 5.17. The summed E-state index contributed by atoms with van der Waals surface area (Å²) in [5, 5.41) is 2.68. The molecule has 2 aromatic carbocycles. The molecule has 0 aliphatic rings. The second-order valence-electron chi connectivity index (χ2n) is 6.11. The standard InChI is InChI=1S/C21H22N2O5S/c1-2-27-18-10-12-20(13-11-18)29(25,26)23(17-7-4-3-5-8-17)16-21(24)22-15-19-9-6-14-28-19/h3-14H,2,15-16H2,1H3,(H,22,24). The number of rotatable bonds is 9. The van der Waals surface area contributed by atoms with E-state index in [4.69, 9.17) is 9.15 Å². The molecule has 1 aromatic heterocycles. The Hall–Kier alpha value is -3.26. The molecule has 7 nitrogen and oxygen atoms in total. The van der Waals surface area contributed by atoms with Gasteiger partial charge in [0.15, 0.2) is 0 Å². The molecule has 0 saturated carbocycles. The number of para-hydroxylation sites is 1. The van der Waals surface area contributed by atoms with Crippen molar-refractivity contribution in [3.05, 3.63) is 78.8 Å². The highest BCUT2D eigenvalue weighted by Crippen LogP contribution is 2.25. The number of hydrogen-bond acceptors (Lipinski definition) is 5. The van der Waals surface area contributed by atoms with E-state index in [-0.39, 0.29) is 18.0 Å². The molecular weight excluding hydrogens is 392 g/mol. The molecule has 0 radical (unpaired) electrons. The predicted molar refractivity (Wildman–Crippen MR) is 109 cm³/mol. The largest absolute Gasteiger partial charge is 0.494 e. The van der Waals surface area contributed by atoms with Gasteiger partial charge in [0.25, 0.3) is 10.0 Å². The van der Waals surface area contributed by atoms with Crippen molar-refractivity contribution < 1.29 is 22.4 Å². The van der Waals surface area contributed by atoms with Crippen molar-refractivity contribution >= 4 is 21.6 Å². The Morgan fingerprint density at radius 1 is 1.03 bits per heavy atom. The maximum atomic E-state index is 13.3. The summed E-state index contributed by atoms with van der Waals surface area (Å²) >= 11 is 0. The summed E-state index contributed by atoms with van der Waals surface area (Å²) in [5.41, 5.74) is 0.398. The summed E-state index contributed by atoms with van der Waals surface area (Å²) in [5.74, 6) is 0.715. The van der Waals surface area contributed by atoms with Crippen LogP contribution in [0.2, 0.25) is 0 Å². The number of carbonyl (C=O) groups is 1. The number of ether oxygens (including phenoxy) is 1. The van der Waals surface area contributed by atoms with Crippen LogP contribution in [-0.4, -0.2) is 27.5 Å². The lowest BCUT2D eigenvalue weighted by Gasteiger charge is -2.24. The molecule has 0 fully saturated rings. The number of hydrogen-bond donors (Lipinski definition) is 1. The minimum atomic E-state index is -3.96. The van der Waals surface area contributed by atoms with Gasteiger partial charge in [-0.1, -0.05) is 18.2 Å². The van der Waals surface area contributed by atoms with E-state index in [0.717, 1.165) is 4.31 Å². The molecule has 152 valence electrons. The number of nitrogens with one attached hydrogen (secondary N) is 1. The van der Waals surface area contributed by atoms with Gasteiger partial charge in [-0.2, -0.15) is 0 Å². The van der Waals surface area contributed by atoms with Crippen molar-refractivity contribution in [3.8, 4) is 5.75 Å². The quantitative estimate of drug-likeness (QED) is 0.581. The molecule has 0 aliphatic heterocycles. The zero-order chi connectivity index (χ0) is 20.7. The van der Waals surface area contributed by atoms with Gasteiger partial charge in [0.2, 0.25) is 5.91 Å². The molecule has 29 heavy (non-hydrogen) atoms. The van der Waals surface area contributed by atoms with E-state index in [0.29, 0.717) is 23.8 Å². The summed E-state index contributed by atoms with van der Waals surface area (Å²) in [6, 6.07) is 18.1. The predicted octanol–water partition coefficient (Wildman–Crippen LogP) is 3.19. The highest BCUT2D eigenvalue weighted by atomic mass is 32.2. The van der Waals surface area contributed by atoms with Crippen molar-refractivity contribution in [1.29, 1.82) is 0 Å². The Labute approximate surface area is 170 Å². The van der Waals surface area contributed by atoms with E-state index in [2.05, 4.69) is 5.32 Å². The number of sulfonamides is 1. The van der Waals surface area contributed by atoms with Crippen LogP contribution in [0.25, 0.3) is 0 Å². The average Bonchev–Trinajstić information content (AvgIpc) is 3.25. The monoisotopic (exact) mass is 414 g/mol. The maximum absolute atomic E-state index is 13.3. The number of carbonyl (C=O) groups excluding carboxylic acids is 1. The second kappa shape index (κ2) is 9.29. The van der Waals surface area contributed by atoms with Gasteiger partial charge in [0, 0.05) is 0 Å². The van der Waals surface area contributed by atoms with Crippen LogP contribution in [0.4, 0.5) is 5.69 Å². The zero-order valence-corrected chi connectivity index (χ0v) is 16.8. The van der Waals surface area contributed by atoms with Gasteiger partial charge in [-0.3, -0.25) is 9.10 Å². The molecule has 1 amide bonds. The smallest absolute Gasteiger partial charge is 0.264 e. The average molecular weight is 414 g/mol. The normalized spacial score (nSPS) is 11.1. The lowest BCUT2D eigenvalue weighted by Crippen LogP contribution is -2.40. The van der Waals surface area contributed by atoms with Crippen molar-refractivity contribution in [3.63, 3.8) is 0 Å². The van der Waals surface area contributed by atoms with Crippen LogP contribution in [0.5, 0.6) is 5.75 Å². The van der Waals surface area contributed by atoms with Gasteiger partial charge in [0.1, 0.15) is 18.1 Å². The molecule has 3 rings (SSSR count). The number of benzene rings is 2. The minimum absolute atomic E-state index is 0.0728. The topological polar surface area (TPSA) is 88.9 Å². The van der Waals surface area contributed by atoms with E-state index >= 15 is 0 Å². The minimum Gasteiger partial charge on any atom is -0.494 e. The number of nitrogens with zero attached hydrogens (tertiary/aromatic N) is 1. The van der Waals surface area contributed by atoms with Crippen molar-refractivity contribution in [2.45, 2.75) is 18.4 Å². The molecule has 8 heteroatoms. The van der Waals surface area contributed by atoms with E-state index < -0.39 is 15.9 Å². The first-order valence-electron chi connectivity index (χ1n) is 9.10. The SMILES string of the molecule is CCOc1ccc(S(=O)(=O)N(CC(=O)NCc2ccco2)c2ccccc2)cc1. The fourth-order valence-corrected chi connectivity index (χ4v) is 4.12. The van der Waals surface area contributed by atoms with Gasteiger partial charge in [-0.25, -0.2) is 8.42 Å². The second-order valence-corrected chi connectivity index (χ2v) is 7.97. The lowest BCUT2D eigenvalue weighted by molar-refractivity contribution is -0.119. The van der Waals surface area contributed by atoms with Crippen molar-refractivity contribution in [1.82, 2.24) is 5.32 Å². The zero-order valence-electron chi connectivity index (χ0n) is 15.9. The number of amides is 1. The molecule has 0 spiro atoms. The van der Waals surface area contributed by atoms with Crippen LogP contribution >= 0.6 is 0 Å². The highest BCUT2D eigenvalue weighted by Gasteiger charge is 2.27. The molecule has 3 aromatic rings. The molecule has 0 unspecified atom stereocenters. The number of anilines is 1. The van der Waals surface area contributed by atoms with Gasteiger partial charge in [0.05, 0.1) is 30.0 Å². The Bertz CT molecular complexity index is 1020. The lowest BCUT2D eigenvalue weighted by atomic mass is 10.3. The molecule has 0 bridgehead atoms. The molecule has 0 saturated heterocycles. The van der Waals surface area contributed by atoms with Crippen LogP contribution in [0, 0.1) is 0 Å². The van der Waals surface area contributed by atoms with Crippen LogP contribution in [-0.2, 0) is 21.4 Å². The molecule has 1 heterocycles. The molecule has 1 N–H and O–H groups in total. The van der Waals surface area contributed by atoms with Gasteiger partial charge < -0.3 is 14.5 Å². The Morgan fingerprint density at radius 3 is 2.38 bits per heavy atom. The van der Waals surface area contributed by atoms with Crippen LogP contribution in [0.15, 0.2) is 82.3 Å². The van der Waals surface area contributed by atoms with Gasteiger partial charge in [-0.05, 0) is 55.5 Å². The van der Waals surface area contributed by atoms with Crippen molar-refractivity contribution in [2.75, 3.05) is 17.5 Å². The summed E-state index contributed by atoms with van der Waals surface area (Å²) in [6.07, 6.45) is 1.51. The Kier molecular flexibility index (Phi) is 6.56. The summed E-state index contributed by atoms with van der Waals surface area (Å²) in [6.45, 7) is 2.15. The third-order valence-corrected chi connectivity index (χ3v) is 5.88. The van der Waals surface area contributed by atoms with E-state index in [1.807, 2.05) is 6.92 Å². The first-order chi connectivity index (χ1) is 14.0. The molecule has 0 atom stereocenters. The first kappa shape index (κ1) is 20.5. The van der Waals surface area contributed by atoms with Crippen LogP contribution in [0.3, 0.4) is 0 Å². The molecular formula is C21H22N2O5S. The van der Waals surface area contributed by atoms with Gasteiger partial charge >= 0.3 is 0 Å². The maximum Gasteiger partial charge on any atom is 0.264 e. The first-order valence-corrected chi connectivity index (χ1v) is 10.5.